The minimum atomic E-state index is -0.147. The van der Waals surface area contributed by atoms with E-state index in [1.807, 2.05) is 0 Å². The lowest BCUT2D eigenvalue weighted by molar-refractivity contribution is -0.129. The molecule has 9 atom stereocenters. The zero-order valence-corrected chi connectivity index (χ0v) is 18.5. The predicted molar refractivity (Wildman–Crippen MR) is 113 cm³/mol. The van der Waals surface area contributed by atoms with Crippen molar-refractivity contribution in [2.75, 3.05) is 0 Å². The highest BCUT2D eigenvalue weighted by Gasteiger charge is 2.60. The summed E-state index contributed by atoms with van der Waals surface area (Å²) < 4.78 is 0. The molecular weight excluding hydrogens is 346 g/mol. The lowest BCUT2D eigenvalue weighted by Gasteiger charge is -2.61. The van der Waals surface area contributed by atoms with Gasteiger partial charge in [-0.05, 0) is 117 Å². The summed E-state index contributed by atoms with van der Waals surface area (Å²) in [6, 6.07) is 0. The second-order valence-electron chi connectivity index (χ2n) is 11.6. The number of amides is 1. The zero-order chi connectivity index (χ0) is 20.1. The Morgan fingerprint density at radius 3 is 2.50 bits per heavy atom. The molecule has 0 aliphatic heterocycles. The van der Waals surface area contributed by atoms with Gasteiger partial charge in [-0.1, -0.05) is 20.8 Å². The normalized spacial score (nSPS) is 49.0. The first-order valence-electron chi connectivity index (χ1n) is 12.2. The molecule has 0 saturated heterocycles. The van der Waals surface area contributed by atoms with Gasteiger partial charge in [0.2, 0.25) is 5.91 Å². The van der Waals surface area contributed by atoms with Crippen molar-refractivity contribution in [1.29, 1.82) is 0 Å². The Morgan fingerprint density at radius 1 is 1.04 bits per heavy atom. The molecule has 4 saturated carbocycles. The Bertz CT molecular complexity index is 591. The van der Waals surface area contributed by atoms with Crippen LogP contribution in [-0.4, -0.2) is 17.1 Å². The highest BCUT2D eigenvalue weighted by atomic mass is 16.3. The molecule has 3 nitrogen and oxygen atoms in total. The summed E-state index contributed by atoms with van der Waals surface area (Å²) in [7, 11) is 0. The van der Waals surface area contributed by atoms with E-state index in [-0.39, 0.29) is 12.0 Å². The molecule has 160 valence electrons. The lowest BCUT2D eigenvalue weighted by Crippen LogP contribution is -2.54. The molecule has 3 heteroatoms. The molecule has 0 aromatic heterocycles. The summed E-state index contributed by atoms with van der Waals surface area (Å²) >= 11 is 0. The van der Waals surface area contributed by atoms with E-state index in [1.165, 1.54) is 44.9 Å². The minimum absolute atomic E-state index is 0.0411. The van der Waals surface area contributed by atoms with Gasteiger partial charge in [0.25, 0.3) is 0 Å². The third-order valence-electron chi connectivity index (χ3n) is 10.5. The first-order chi connectivity index (χ1) is 13.3. The number of nitrogens with two attached hydrogens (primary N) is 1. The van der Waals surface area contributed by atoms with Crippen LogP contribution in [0.15, 0.2) is 0 Å². The van der Waals surface area contributed by atoms with E-state index in [4.69, 9.17) is 5.73 Å². The molecule has 0 radical (unpaired) electrons. The van der Waals surface area contributed by atoms with Crippen LogP contribution in [-0.2, 0) is 4.79 Å². The molecule has 4 aliphatic rings. The van der Waals surface area contributed by atoms with Gasteiger partial charge in [0.1, 0.15) is 0 Å². The zero-order valence-electron chi connectivity index (χ0n) is 18.5. The molecule has 3 N–H and O–H groups in total. The Kier molecular flexibility index (Phi) is 5.61. The molecule has 28 heavy (non-hydrogen) atoms. The summed E-state index contributed by atoms with van der Waals surface area (Å²) in [5, 5.41) is 10.2. The van der Waals surface area contributed by atoms with Crippen LogP contribution in [0, 0.1) is 46.3 Å². The Morgan fingerprint density at radius 2 is 1.75 bits per heavy atom. The number of hydrogen-bond acceptors (Lipinski definition) is 2. The van der Waals surface area contributed by atoms with E-state index >= 15 is 0 Å². The second kappa shape index (κ2) is 7.60. The molecule has 4 rings (SSSR count). The first-order valence-corrected chi connectivity index (χ1v) is 12.2. The molecule has 0 unspecified atom stereocenters. The highest BCUT2D eigenvalue weighted by molar-refractivity contribution is 5.73. The molecule has 0 aromatic carbocycles. The van der Waals surface area contributed by atoms with Crippen molar-refractivity contribution in [1.82, 2.24) is 0 Å². The summed E-state index contributed by atoms with van der Waals surface area (Å²) in [5.41, 5.74) is 6.34. The van der Waals surface area contributed by atoms with Crippen LogP contribution in [0.3, 0.4) is 0 Å². The first kappa shape index (κ1) is 20.7. The number of carbonyl (C=O) groups is 1. The van der Waals surface area contributed by atoms with Crippen LogP contribution >= 0.6 is 0 Å². The Labute approximate surface area is 172 Å². The van der Waals surface area contributed by atoms with Crippen LogP contribution < -0.4 is 5.73 Å². The number of primary amides is 1. The number of aliphatic hydroxyl groups is 1. The third-order valence-corrected chi connectivity index (χ3v) is 10.5. The summed E-state index contributed by atoms with van der Waals surface area (Å²) in [6.07, 6.45) is 14.3. The van der Waals surface area contributed by atoms with E-state index in [1.54, 1.807) is 0 Å². The van der Waals surface area contributed by atoms with E-state index in [2.05, 4.69) is 20.8 Å². The summed E-state index contributed by atoms with van der Waals surface area (Å²) in [4.78, 5) is 11.1. The van der Waals surface area contributed by atoms with Gasteiger partial charge < -0.3 is 10.8 Å². The van der Waals surface area contributed by atoms with Crippen molar-refractivity contribution in [3.05, 3.63) is 0 Å². The predicted octanol–water partition coefficient (Wildman–Crippen LogP) is 5.30. The van der Waals surface area contributed by atoms with E-state index in [0.717, 1.165) is 55.3 Å². The minimum Gasteiger partial charge on any atom is -0.393 e. The van der Waals surface area contributed by atoms with Crippen molar-refractivity contribution in [3.63, 3.8) is 0 Å². The van der Waals surface area contributed by atoms with Gasteiger partial charge in [0.05, 0.1) is 6.10 Å². The topological polar surface area (TPSA) is 63.3 Å². The molecule has 4 fully saturated rings. The lowest BCUT2D eigenvalue weighted by atomic mass is 9.44. The molecule has 0 bridgehead atoms. The van der Waals surface area contributed by atoms with Gasteiger partial charge in [0.15, 0.2) is 0 Å². The molecular formula is C25H43NO2. The maximum Gasteiger partial charge on any atom is 0.217 e. The molecule has 0 spiro atoms. The van der Waals surface area contributed by atoms with Gasteiger partial charge in [-0.15, -0.1) is 0 Å². The number of hydrogen-bond donors (Lipinski definition) is 2. The molecule has 0 aromatic rings. The van der Waals surface area contributed by atoms with Gasteiger partial charge >= 0.3 is 0 Å². The number of fused-ring (bicyclic) bond motifs is 5. The quantitative estimate of drug-likeness (QED) is 0.670. The monoisotopic (exact) mass is 389 g/mol. The van der Waals surface area contributed by atoms with Crippen LogP contribution in [0.1, 0.15) is 97.8 Å². The van der Waals surface area contributed by atoms with Gasteiger partial charge in [-0.2, -0.15) is 0 Å². The van der Waals surface area contributed by atoms with E-state index in [9.17, 15) is 9.90 Å². The molecule has 4 aliphatic carbocycles. The number of carbonyl (C=O) groups excluding carboxylic acids is 1. The smallest absolute Gasteiger partial charge is 0.217 e. The largest absolute Gasteiger partial charge is 0.393 e. The number of rotatable bonds is 5. The van der Waals surface area contributed by atoms with Crippen molar-refractivity contribution in [2.45, 2.75) is 104 Å². The maximum atomic E-state index is 11.1. The summed E-state index contributed by atoms with van der Waals surface area (Å²) in [6.45, 7) is 7.64. The SMILES string of the molecule is C[C@H](CCCC(N)=O)[C@H]1CC[C@H]2[C@@H]3CC[C@@H]4C[C@H](O)CC[C@]4(C)[C@H]3CC[C@]12C. The second-order valence-corrected chi connectivity index (χ2v) is 11.6. The van der Waals surface area contributed by atoms with Gasteiger partial charge in [-0.3, -0.25) is 4.79 Å². The average molecular weight is 390 g/mol. The standard InChI is InChI=1S/C25H43NO2/c1-16(5-4-6-23(26)28)20-9-10-21-19-8-7-17-15-18(27)11-13-24(17,2)22(19)12-14-25(20,21)3/h16-22,27H,4-15H2,1-3H3,(H2,26,28)/t16-,17-,18-,19+,20-,21+,22+,24+,25-/m1/s1. The van der Waals surface area contributed by atoms with Crippen molar-refractivity contribution in [2.24, 2.45) is 52.1 Å². The van der Waals surface area contributed by atoms with Crippen LogP contribution in [0.2, 0.25) is 0 Å². The van der Waals surface area contributed by atoms with Gasteiger partial charge in [-0.25, -0.2) is 0 Å². The Hall–Kier alpha value is -0.570. The van der Waals surface area contributed by atoms with Crippen molar-refractivity contribution in [3.8, 4) is 0 Å². The Balaban J connectivity index is 1.47. The third kappa shape index (κ3) is 3.34. The maximum absolute atomic E-state index is 11.1. The van der Waals surface area contributed by atoms with E-state index in [0.29, 0.717) is 23.2 Å². The van der Waals surface area contributed by atoms with Crippen LogP contribution in [0.4, 0.5) is 0 Å². The van der Waals surface area contributed by atoms with Crippen LogP contribution in [0.5, 0.6) is 0 Å². The van der Waals surface area contributed by atoms with Gasteiger partial charge in [0, 0.05) is 6.42 Å². The fourth-order valence-corrected chi connectivity index (χ4v) is 9.01. The fourth-order valence-electron chi connectivity index (χ4n) is 9.01. The number of aliphatic hydroxyl groups excluding tert-OH is 1. The van der Waals surface area contributed by atoms with Crippen molar-refractivity contribution < 1.29 is 9.90 Å². The fraction of sp³-hybridized carbons (Fsp3) is 0.960. The van der Waals surface area contributed by atoms with Crippen LogP contribution in [0.25, 0.3) is 0 Å². The average Bonchev–Trinajstić information content (AvgIpc) is 2.99. The van der Waals surface area contributed by atoms with Crippen molar-refractivity contribution >= 4 is 5.91 Å². The molecule has 1 amide bonds. The highest BCUT2D eigenvalue weighted by Crippen LogP contribution is 2.68. The molecule has 0 heterocycles. The van der Waals surface area contributed by atoms with E-state index < -0.39 is 0 Å². The summed E-state index contributed by atoms with van der Waals surface area (Å²) in [5.74, 6) is 4.85.